The van der Waals surface area contributed by atoms with Gasteiger partial charge in [-0.05, 0) is 13.8 Å². The molecule has 1 amide bonds. The van der Waals surface area contributed by atoms with Crippen LogP contribution in [0, 0.1) is 0 Å². The minimum Gasteiger partial charge on any atom is -0.378 e. The third-order valence-electron chi connectivity index (χ3n) is 1.64. The lowest BCUT2D eigenvalue weighted by atomic mass is 10.0. The van der Waals surface area contributed by atoms with Crippen molar-refractivity contribution in [1.29, 1.82) is 0 Å². The van der Waals surface area contributed by atoms with Crippen LogP contribution >= 0.6 is 0 Å². The Morgan fingerprint density at radius 3 is 2.30 bits per heavy atom. The minimum absolute atomic E-state index is 0.579. The van der Waals surface area contributed by atoms with Gasteiger partial charge in [0.25, 0.3) is 5.91 Å². The maximum Gasteiger partial charge on any atom is 0.251 e. The summed E-state index contributed by atoms with van der Waals surface area (Å²) in [6.45, 7) is 2.90. The quantitative estimate of drug-likeness (QED) is 0.552. The zero-order valence-corrected chi connectivity index (χ0v) is 6.42. The number of nitrogens with two attached hydrogens (primary N) is 1. The Morgan fingerprint density at radius 1 is 1.80 bits per heavy atom. The van der Waals surface area contributed by atoms with Crippen molar-refractivity contribution in [2.75, 3.05) is 7.11 Å². The predicted octanol–water partition coefficient (Wildman–Crippen LogP) is -0.742. The van der Waals surface area contributed by atoms with E-state index in [1.54, 1.807) is 6.92 Å². The highest BCUT2D eigenvalue weighted by molar-refractivity contribution is 5.83. The molecule has 0 radical (unpaired) electrons. The average molecular weight is 147 g/mol. The molecule has 4 heteroatoms. The zero-order chi connectivity index (χ0) is 8.36. The lowest BCUT2D eigenvalue weighted by molar-refractivity contribution is -0.147. The number of methoxy groups -OCH3 is 1. The summed E-state index contributed by atoms with van der Waals surface area (Å²) in [6, 6.07) is 0. The first-order valence-corrected chi connectivity index (χ1v) is 2.98. The largest absolute Gasteiger partial charge is 0.378 e. The van der Waals surface area contributed by atoms with Crippen molar-refractivity contribution < 1.29 is 14.6 Å². The molecule has 0 aliphatic heterocycles. The molecule has 0 saturated heterocycles. The summed E-state index contributed by atoms with van der Waals surface area (Å²) in [5, 5.41) is 9.26. The average Bonchev–Trinajstić information content (AvgIpc) is 1.86. The van der Waals surface area contributed by atoms with Gasteiger partial charge in [0, 0.05) is 7.11 Å². The van der Waals surface area contributed by atoms with Crippen LogP contribution in [0.2, 0.25) is 0 Å². The van der Waals surface area contributed by atoms with E-state index in [1.807, 2.05) is 0 Å². The summed E-state index contributed by atoms with van der Waals surface area (Å²) in [4.78, 5) is 10.5. The molecule has 60 valence electrons. The Morgan fingerprint density at radius 2 is 2.20 bits per heavy atom. The number of aliphatic hydroxyl groups is 1. The third-order valence-corrected chi connectivity index (χ3v) is 1.64. The Hall–Kier alpha value is -0.610. The number of ether oxygens (including phenoxy) is 1. The molecule has 0 aliphatic rings. The van der Waals surface area contributed by atoms with Gasteiger partial charge in [-0.25, -0.2) is 0 Å². The molecule has 0 bridgehead atoms. The molecule has 0 fully saturated rings. The summed E-state index contributed by atoms with van der Waals surface area (Å²) in [5.74, 6) is -0.776. The first-order chi connectivity index (χ1) is 4.42. The van der Waals surface area contributed by atoms with Crippen molar-refractivity contribution in [3.63, 3.8) is 0 Å². The SMILES string of the molecule is COC(C)C(C)(O)C(N)=O. The van der Waals surface area contributed by atoms with E-state index in [2.05, 4.69) is 0 Å². The van der Waals surface area contributed by atoms with Gasteiger partial charge in [-0.15, -0.1) is 0 Å². The molecule has 0 aromatic heterocycles. The minimum atomic E-state index is -1.57. The zero-order valence-electron chi connectivity index (χ0n) is 6.42. The number of rotatable bonds is 3. The van der Waals surface area contributed by atoms with E-state index < -0.39 is 17.6 Å². The molecule has 2 atom stereocenters. The number of amides is 1. The monoisotopic (exact) mass is 147 g/mol. The van der Waals surface area contributed by atoms with Crippen LogP contribution in [-0.2, 0) is 9.53 Å². The first-order valence-electron chi connectivity index (χ1n) is 2.98. The number of primary amides is 1. The fourth-order valence-electron chi connectivity index (χ4n) is 0.430. The summed E-state index contributed by atoms with van der Waals surface area (Å²) in [7, 11) is 1.40. The highest BCUT2D eigenvalue weighted by Crippen LogP contribution is 2.10. The number of carbonyl (C=O) groups is 1. The molecule has 0 heterocycles. The van der Waals surface area contributed by atoms with E-state index >= 15 is 0 Å². The van der Waals surface area contributed by atoms with Crippen molar-refractivity contribution in [2.24, 2.45) is 5.73 Å². The Labute approximate surface area is 60.0 Å². The maximum atomic E-state index is 10.5. The second-order valence-electron chi connectivity index (χ2n) is 2.39. The second-order valence-corrected chi connectivity index (χ2v) is 2.39. The van der Waals surface area contributed by atoms with Gasteiger partial charge in [0.1, 0.15) is 0 Å². The van der Waals surface area contributed by atoms with Gasteiger partial charge in [0.2, 0.25) is 0 Å². The summed E-state index contributed by atoms with van der Waals surface area (Å²) >= 11 is 0. The van der Waals surface area contributed by atoms with Crippen LogP contribution in [0.4, 0.5) is 0 Å². The number of hydrogen-bond donors (Lipinski definition) is 2. The smallest absolute Gasteiger partial charge is 0.251 e. The van der Waals surface area contributed by atoms with Crippen LogP contribution in [0.15, 0.2) is 0 Å². The number of carbonyl (C=O) groups excluding carboxylic acids is 1. The van der Waals surface area contributed by atoms with E-state index in [0.29, 0.717) is 0 Å². The molecule has 0 aromatic rings. The Bertz CT molecular complexity index is 133. The van der Waals surface area contributed by atoms with Gasteiger partial charge in [0.05, 0.1) is 6.10 Å². The molecule has 0 aromatic carbocycles. The highest BCUT2D eigenvalue weighted by Gasteiger charge is 2.34. The van der Waals surface area contributed by atoms with Crippen LogP contribution in [-0.4, -0.2) is 29.8 Å². The Balaban J connectivity index is 4.23. The summed E-state index contributed by atoms with van der Waals surface area (Å²) in [5.41, 5.74) is 3.30. The molecule has 3 N–H and O–H groups in total. The van der Waals surface area contributed by atoms with Crippen molar-refractivity contribution in [3.8, 4) is 0 Å². The molecular weight excluding hydrogens is 134 g/mol. The summed E-state index contributed by atoms with van der Waals surface area (Å²) < 4.78 is 4.73. The molecule has 0 rings (SSSR count). The van der Waals surface area contributed by atoms with Crippen molar-refractivity contribution >= 4 is 5.91 Å². The van der Waals surface area contributed by atoms with Gasteiger partial charge >= 0.3 is 0 Å². The van der Waals surface area contributed by atoms with E-state index in [-0.39, 0.29) is 0 Å². The van der Waals surface area contributed by atoms with Gasteiger partial charge in [-0.3, -0.25) is 4.79 Å². The van der Waals surface area contributed by atoms with Gasteiger partial charge in [0.15, 0.2) is 5.60 Å². The van der Waals surface area contributed by atoms with Crippen LogP contribution in [0.25, 0.3) is 0 Å². The van der Waals surface area contributed by atoms with Crippen LogP contribution in [0.3, 0.4) is 0 Å². The van der Waals surface area contributed by atoms with Gasteiger partial charge < -0.3 is 15.6 Å². The van der Waals surface area contributed by atoms with Crippen LogP contribution in [0.5, 0.6) is 0 Å². The van der Waals surface area contributed by atoms with Crippen molar-refractivity contribution in [2.45, 2.75) is 25.6 Å². The van der Waals surface area contributed by atoms with E-state index in [9.17, 15) is 9.90 Å². The van der Waals surface area contributed by atoms with E-state index in [4.69, 9.17) is 10.5 Å². The van der Waals surface area contributed by atoms with Crippen molar-refractivity contribution in [1.82, 2.24) is 0 Å². The van der Waals surface area contributed by atoms with E-state index in [1.165, 1.54) is 14.0 Å². The fourth-order valence-corrected chi connectivity index (χ4v) is 0.430. The van der Waals surface area contributed by atoms with Crippen LogP contribution < -0.4 is 5.73 Å². The first kappa shape index (κ1) is 9.39. The van der Waals surface area contributed by atoms with Crippen LogP contribution in [0.1, 0.15) is 13.8 Å². The van der Waals surface area contributed by atoms with Gasteiger partial charge in [-0.1, -0.05) is 0 Å². The molecule has 0 saturated carbocycles. The second kappa shape index (κ2) is 2.98. The maximum absolute atomic E-state index is 10.5. The lowest BCUT2D eigenvalue weighted by Gasteiger charge is -2.25. The molecular formula is C6H13NO3. The normalized spacial score (nSPS) is 19.6. The Kier molecular flexibility index (Phi) is 2.80. The molecule has 4 nitrogen and oxygen atoms in total. The summed E-state index contributed by atoms with van der Waals surface area (Å²) in [6.07, 6.45) is -0.579. The predicted molar refractivity (Wildman–Crippen MR) is 36.3 cm³/mol. The molecule has 2 unspecified atom stereocenters. The highest BCUT2D eigenvalue weighted by atomic mass is 16.5. The lowest BCUT2D eigenvalue weighted by Crippen LogP contribution is -2.50. The van der Waals surface area contributed by atoms with Crippen molar-refractivity contribution in [3.05, 3.63) is 0 Å². The van der Waals surface area contributed by atoms with Gasteiger partial charge in [-0.2, -0.15) is 0 Å². The van der Waals surface area contributed by atoms with E-state index in [0.717, 1.165) is 0 Å². The fraction of sp³-hybridized carbons (Fsp3) is 0.833. The molecule has 10 heavy (non-hydrogen) atoms. The molecule has 0 spiro atoms. The number of hydrogen-bond acceptors (Lipinski definition) is 3. The topological polar surface area (TPSA) is 72.6 Å². The third kappa shape index (κ3) is 1.68. The standard InChI is InChI=1S/C6H13NO3/c1-4(10-3)6(2,9)5(7)8/h4,9H,1-3H3,(H2,7,8). The molecule has 0 aliphatic carbocycles.